The number of nitrogens with two attached hydrogens (primary N) is 1. The molecule has 5 rings (SSSR count). The van der Waals surface area contributed by atoms with Crippen LogP contribution in [-0.4, -0.2) is 108 Å². The fourth-order valence-corrected chi connectivity index (χ4v) is 6.22. The Labute approximate surface area is 277 Å². The zero-order chi connectivity index (χ0) is 33.1. The second kappa shape index (κ2) is 14.5. The number of carbonyl (C=O) groups excluding carboxylic acids is 2. The van der Waals surface area contributed by atoms with Crippen molar-refractivity contribution in [2.75, 3.05) is 75.5 Å². The highest BCUT2D eigenvalue weighted by atomic mass is 35.5. The molecule has 4 N–H and O–H groups in total. The summed E-state index contributed by atoms with van der Waals surface area (Å²) >= 11 is 13.2. The van der Waals surface area contributed by atoms with Crippen LogP contribution in [0.1, 0.15) is 46.7 Å². The number of piperazine rings is 1. The third kappa shape index (κ3) is 7.39. The highest BCUT2D eigenvalue weighted by molar-refractivity contribution is 6.35. The first kappa shape index (κ1) is 33.9. The summed E-state index contributed by atoms with van der Waals surface area (Å²) in [5.74, 6) is -1.59. The first-order chi connectivity index (χ1) is 21.9. The largest absolute Gasteiger partial charge is 0.396 e. The van der Waals surface area contributed by atoms with Gasteiger partial charge in [-0.25, -0.2) is 9.07 Å². The lowest BCUT2D eigenvalue weighted by Gasteiger charge is -2.44. The van der Waals surface area contributed by atoms with E-state index in [4.69, 9.17) is 33.7 Å². The molecule has 1 aromatic heterocycles. The van der Waals surface area contributed by atoms with Gasteiger partial charge in [-0.15, -0.1) is 5.10 Å². The highest BCUT2D eigenvalue weighted by Crippen LogP contribution is 2.37. The Bertz CT molecular complexity index is 1590. The third-order valence-electron chi connectivity index (χ3n) is 8.72. The van der Waals surface area contributed by atoms with E-state index < -0.39 is 11.7 Å². The average molecular weight is 677 g/mol. The highest BCUT2D eigenvalue weighted by Gasteiger charge is 2.29. The van der Waals surface area contributed by atoms with Crippen LogP contribution in [0.3, 0.4) is 0 Å². The number of carbonyl (C=O) groups is 2. The van der Waals surface area contributed by atoms with Gasteiger partial charge in [-0.3, -0.25) is 19.4 Å². The van der Waals surface area contributed by atoms with Gasteiger partial charge < -0.3 is 26.0 Å². The van der Waals surface area contributed by atoms with Crippen molar-refractivity contribution in [3.8, 4) is 5.69 Å². The van der Waals surface area contributed by atoms with Crippen molar-refractivity contribution in [3.05, 3.63) is 57.1 Å². The smallest absolute Gasteiger partial charge is 0.273 e. The summed E-state index contributed by atoms with van der Waals surface area (Å²) in [6.45, 7) is 11.7. The van der Waals surface area contributed by atoms with Crippen molar-refractivity contribution in [2.45, 2.75) is 39.3 Å². The Kier molecular flexibility index (Phi) is 10.7. The van der Waals surface area contributed by atoms with Crippen molar-refractivity contribution in [1.82, 2.24) is 30.1 Å². The van der Waals surface area contributed by atoms with Crippen LogP contribution in [-0.2, 0) is 4.74 Å². The van der Waals surface area contributed by atoms with Crippen LogP contribution in [0.5, 0.6) is 0 Å². The predicted molar refractivity (Wildman–Crippen MR) is 178 cm³/mol. The first-order valence-corrected chi connectivity index (χ1v) is 16.1. The van der Waals surface area contributed by atoms with E-state index in [9.17, 15) is 14.0 Å². The predicted octanol–water partition coefficient (Wildman–Crippen LogP) is 3.84. The molecule has 0 spiro atoms. The first-order valence-electron chi connectivity index (χ1n) is 15.3. The molecule has 0 unspecified atom stereocenters. The summed E-state index contributed by atoms with van der Waals surface area (Å²) in [5.41, 5.74) is 7.41. The Hall–Kier alpha value is -3.49. The van der Waals surface area contributed by atoms with Crippen LogP contribution in [0, 0.1) is 12.7 Å². The van der Waals surface area contributed by atoms with Crippen molar-refractivity contribution in [3.63, 3.8) is 0 Å². The Morgan fingerprint density at radius 1 is 1.09 bits per heavy atom. The summed E-state index contributed by atoms with van der Waals surface area (Å²) in [5, 5.41) is 14.4. The molecule has 0 radical (unpaired) electrons. The number of amides is 2. The number of nitrogen functional groups attached to an aromatic ring is 1. The Balaban J connectivity index is 1.40. The number of likely N-dealkylation sites (N-methyl/N-ethyl adjacent to an activating group) is 1. The van der Waals surface area contributed by atoms with Gasteiger partial charge in [0, 0.05) is 50.4 Å². The molecule has 2 saturated heterocycles. The van der Waals surface area contributed by atoms with E-state index in [1.54, 1.807) is 12.1 Å². The van der Waals surface area contributed by atoms with Crippen molar-refractivity contribution in [1.29, 1.82) is 0 Å². The number of morpholine rings is 1. The molecule has 2 fully saturated rings. The van der Waals surface area contributed by atoms with Gasteiger partial charge in [0.25, 0.3) is 11.8 Å². The maximum absolute atomic E-state index is 14.4. The topological polar surface area (TPSA) is 134 Å². The van der Waals surface area contributed by atoms with E-state index in [-0.39, 0.29) is 45.5 Å². The van der Waals surface area contributed by atoms with Crippen molar-refractivity contribution >= 4 is 52.1 Å². The molecular formula is C31H40Cl2FN9O3. The zero-order valence-corrected chi connectivity index (χ0v) is 28.0. The molecule has 0 bridgehead atoms. The molecule has 2 atom stereocenters. The van der Waals surface area contributed by atoms with Crippen molar-refractivity contribution < 1.29 is 18.7 Å². The summed E-state index contributed by atoms with van der Waals surface area (Å²) in [4.78, 5) is 33.2. The zero-order valence-electron chi connectivity index (χ0n) is 26.4. The SMILES string of the molecule is Cc1c(F)c(N)cc(C(=O)Nc2cc(-n3cc(C(=O)NCCCN4CCOCC4)nn3)c(Cl)cc2N2C[C@@H](C)N(C)[C@@H](C)C2)c1Cl. The van der Waals surface area contributed by atoms with E-state index in [1.807, 2.05) is 0 Å². The average Bonchev–Trinajstić information content (AvgIpc) is 3.53. The standard InChI is InChI=1S/C31H40Cl2FN9O3/c1-18-15-42(16-19(2)40(18)4)27-13-22(32)26(14-24(27)37-30(44)21-12-23(35)29(34)20(3)28(21)33)43-17-25(38-39-43)31(45)36-6-5-7-41-8-10-46-11-9-41/h12-14,17-19H,5-11,15-16,35H2,1-4H3,(H,36,45)(H,37,44)/t18-,19+. The lowest BCUT2D eigenvalue weighted by molar-refractivity contribution is 0.0374. The lowest BCUT2D eigenvalue weighted by Crippen LogP contribution is -2.55. The van der Waals surface area contributed by atoms with Crippen LogP contribution in [0.15, 0.2) is 24.4 Å². The van der Waals surface area contributed by atoms with E-state index in [0.29, 0.717) is 41.7 Å². The third-order valence-corrected chi connectivity index (χ3v) is 9.51. The van der Waals surface area contributed by atoms with Gasteiger partial charge >= 0.3 is 0 Å². The number of nitrogens with zero attached hydrogens (tertiary/aromatic N) is 6. The molecule has 15 heteroatoms. The minimum Gasteiger partial charge on any atom is -0.396 e. The summed E-state index contributed by atoms with van der Waals surface area (Å²) in [6, 6.07) is 5.11. The molecule has 12 nitrogen and oxygen atoms in total. The fourth-order valence-electron chi connectivity index (χ4n) is 5.75. The number of hydrogen-bond donors (Lipinski definition) is 3. The Morgan fingerprint density at radius 3 is 2.48 bits per heavy atom. The number of halogens is 3. The van der Waals surface area contributed by atoms with Gasteiger partial charge in [0.15, 0.2) is 11.5 Å². The maximum atomic E-state index is 14.4. The van der Waals surface area contributed by atoms with Crippen molar-refractivity contribution in [2.24, 2.45) is 0 Å². The monoisotopic (exact) mass is 675 g/mol. The molecule has 2 aromatic carbocycles. The van der Waals surface area contributed by atoms with Crippen LogP contribution in [0.4, 0.5) is 21.5 Å². The molecule has 3 heterocycles. The maximum Gasteiger partial charge on any atom is 0.273 e. The van der Waals surface area contributed by atoms with Gasteiger partial charge in [0.05, 0.1) is 57.8 Å². The van der Waals surface area contributed by atoms with Gasteiger partial charge in [-0.05, 0) is 59.0 Å². The number of rotatable bonds is 9. The van der Waals surface area contributed by atoms with E-state index in [0.717, 1.165) is 39.3 Å². The second-order valence-corrected chi connectivity index (χ2v) is 12.7. The molecule has 0 aliphatic carbocycles. The molecule has 3 aromatic rings. The van der Waals surface area contributed by atoms with E-state index in [1.165, 1.54) is 23.9 Å². The van der Waals surface area contributed by atoms with Crippen LogP contribution >= 0.6 is 23.2 Å². The lowest BCUT2D eigenvalue weighted by atomic mass is 10.1. The number of aromatic nitrogens is 3. The second-order valence-electron chi connectivity index (χ2n) is 11.9. The summed E-state index contributed by atoms with van der Waals surface area (Å²) in [6.07, 6.45) is 2.29. The normalized spacial score (nSPS) is 19.3. The number of nitrogens with one attached hydrogen (secondary N) is 2. The fraction of sp³-hybridized carbons (Fsp3) is 0.484. The quantitative estimate of drug-likeness (QED) is 0.229. The molecule has 2 aliphatic rings. The molecule has 248 valence electrons. The molecule has 2 aliphatic heterocycles. The van der Waals surface area contributed by atoms with Gasteiger partial charge in [-0.2, -0.15) is 0 Å². The molecular weight excluding hydrogens is 636 g/mol. The van der Waals surface area contributed by atoms with E-state index >= 15 is 0 Å². The number of hydrogen-bond acceptors (Lipinski definition) is 9. The van der Waals surface area contributed by atoms with Crippen LogP contribution in [0.25, 0.3) is 5.69 Å². The minimum atomic E-state index is -0.667. The van der Waals surface area contributed by atoms with Gasteiger partial charge in [-0.1, -0.05) is 28.4 Å². The molecule has 2 amide bonds. The number of ether oxygens (including phenoxy) is 1. The molecule has 46 heavy (non-hydrogen) atoms. The molecule has 0 saturated carbocycles. The minimum absolute atomic E-state index is 0.0290. The van der Waals surface area contributed by atoms with Gasteiger partial charge in [0.2, 0.25) is 0 Å². The van der Waals surface area contributed by atoms with Crippen LogP contribution < -0.4 is 21.3 Å². The van der Waals surface area contributed by atoms with Crippen LogP contribution in [0.2, 0.25) is 10.0 Å². The Morgan fingerprint density at radius 2 is 1.78 bits per heavy atom. The van der Waals surface area contributed by atoms with E-state index in [2.05, 4.69) is 56.5 Å². The number of anilines is 3. The number of benzene rings is 2. The van der Waals surface area contributed by atoms with Gasteiger partial charge in [0.1, 0.15) is 0 Å². The summed E-state index contributed by atoms with van der Waals surface area (Å²) in [7, 11) is 2.08. The summed E-state index contributed by atoms with van der Waals surface area (Å²) < 4.78 is 21.1.